The van der Waals surface area contributed by atoms with Crippen molar-refractivity contribution in [3.63, 3.8) is 0 Å². The summed E-state index contributed by atoms with van der Waals surface area (Å²) in [5.41, 5.74) is 0.821. The van der Waals surface area contributed by atoms with Crippen LogP contribution in [0.5, 0.6) is 0 Å². The fourth-order valence-electron chi connectivity index (χ4n) is 3.89. The van der Waals surface area contributed by atoms with Crippen molar-refractivity contribution in [2.75, 3.05) is 11.9 Å². The van der Waals surface area contributed by atoms with E-state index in [0.717, 1.165) is 16.5 Å². The van der Waals surface area contributed by atoms with Crippen LogP contribution in [0.2, 0.25) is 0 Å². The Balaban J connectivity index is 1.48. The summed E-state index contributed by atoms with van der Waals surface area (Å²) >= 11 is 0. The summed E-state index contributed by atoms with van der Waals surface area (Å²) in [4.78, 5) is 65.3. The van der Waals surface area contributed by atoms with Crippen LogP contribution in [0.3, 0.4) is 0 Å². The van der Waals surface area contributed by atoms with Crippen LogP contribution in [0.25, 0.3) is 21.7 Å². The fraction of sp³-hybridized carbons (Fsp3) is 0.240. The third-order valence-corrected chi connectivity index (χ3v) is 5.78. The van der Waals surface area contributed by atoms with Gasteiger partial charge in [-0.2, -0.15) is 0 Å². The lowest BCUT2D eigenvalue weighted by Gasteiger charge is -2.19. The zero-order valence-corrected chi connectivity index (χ0v) is 19.7. The molecule has 2 aromatic heterocycles. The van der Waals surface area contributed by atoms with E-state index in [9.17, 15) is 24.0 Å². The number of rotatable bonds is 8. The number of hydrogen-bond acceptors (Lipinski definition) is 5. The summed E-state index contributed by atoms with van der Waals surface area (Å²) in [7, 11) is 0. The molecule has 0 aliphatic heterocycles. The van der Waals surface area contributed by atoms with Crippen molar-refractivity contribution in [2.45, 2.75) is 26.3 Å². The molecule has 0 spiro atoms. The monoisotopic (exact) mass is 490 g/mol. The van der Waals surface area contributed by atoms with Gasteiger partial charge in [0.15, 0.2) is 0 Å². The molecule has 0 saturated carbocycles. The van der Waals surface area contributed by atoms with E-state index >= 15 is 0 Å². The maximum atomic E-state index is 13.0. The highest BCUT2D eigenvalue weighted by Crippen LogP contribution is 2.19. The molecule has 11 heteroatoms. The first-order chi connectivity index (χ1) is 17.2. The van der Waals surface area contributed by atoms with Crippen LogP contribution >= 0.6 is 0 Å². The van der Waals surface area contributed by atoms with Crippen molar-refractivity contribution in [1.82, 2.24) is 25.8 Å². The first kappa shape index (κ1) is 24.5. The predicted octanol–water partition coefficient (Wildman–Crippen LogP) is 1.14. The topological polar surface area (TPSA) is 169 Å². The number of aromatic nitrogens is 3. The minimum absolute atomic E-state index is 0.0299. The first-order valence-electron chi connectivity index (χ1n) is 11.4. The van der Waals surface area contributed by atoms with Gasteiger partial charge in [0.05, 0.1) is 23.0 Å². The van der Waals surface area contributed by atoms with Gasteiger partial charge in [-0.25, -0.2) is 0 Å². The molecule has 1 unspecified atom stereocenters. The van der Waals surface area contributed by atoms with Gasteiger partial charge < -0.3 is 20.9 Å². The summed E-state index contributed by atoms with van der Waals surface area (Å²) in [6, 6.07) is 11.2. The van der Waals surface area contributed by atoms with Crippen molar-refractivity contribution in [3.05, 3.63) is 74.9 Å². The Kier molecular flexibility index (Phi) is 7.00. The van der Waals surface area contributed by atoms with Gasteiger partial charge in [-0.1, -0.05) is 38.1 Å². The molecule has 6 N–H and O–H groups in total. The average molecular weight is 491 g/mol. The van der Waals surface area contributed by atoms with Gasteiger partial charge in [0, 0.05) is 29.4 Å². The van der Waals surface area contributed by atoms with Gasteiger partial charge >= 0.3 is 0 Å². The number of anilines is 1. The number of fused-ring (bicyclic) bond motifs is 2. The van der Waals surface area contributed by atoms with E-state index < -0.39 is 35.5 Å². The van der Waals surface area contributed by atoms with Crippen LogP contribution in [-0.4, -0.2) is 45.5 Å². The standard InChI is InChI=1S/C25H26N6O5/c1-13(2)22(33)29-19(10-14-11-26-17-8-4-3-6-15(14)17)24(35)27-12-20(32)28-18-9-5-7-16-21(18)25(36)31-30-23(16)34/h3-9,11,13,19,26H,10,12H2,1-2H3,(H,27,35)(H,28,32)(H,29,33)(H,30,34)(H,31,36). The fourth-order valence-corrected chi connectivity index (χ4v) is 3.89. The summed E-state index contributed by atoms with van der Waals surface area (Å²) in [5.74, 6) is -1.76. The smallest absolute Gasteiger partial charge is 0.272 e. The van der Waals surface area contributed by atoms with Gasteiger partial charge in [0.25, 0.3) is 11.1 Å². The SMILES string of the molecule is CC(C)C(=O)NC(Cc1c[nH]c2ccccc12)C(=O)NCC(=O)Nc1cccc2c(=O)[nH][nH]c(=O)c12. The summed E-state index contributed by atoms with van der Waals surface area (Å²) in [6.45, 7) is 3.04. The van der Waals surface area contributed by atoms with E-state index in [4.69, 9.17) is 0 Å². The predicted molar refractivity (Wildman–Crippen MR) is 136 cm³/mol. The highest BCUT2D eigenvalue weighted by atomic mass is 16.2. The molecule has 1 atom stereocenters. The minimum Gasteiger partial charge on any atom is -0.361 e. The Hall–Kier alpha value is -4.67. The van der Waals surface area contributed by atoms with Crippen molar-refractivity contribution >= 4 is 45.1 Å². The lowest BCUT2D eigenvalue weighted by molar-refractivity contribution is -0.131. The second-order valence-corrected chi connectivity index (χ2v) is 8.68. The Bertz CT molecular complexity index is 1560. The number of para-hydroxylation sites is 1. The van der Waals surface area contributed by atoms with E-state index in [1.165, 1.54) is 18.2 Å². The van der Waals surface area contributed by atoms with E-state index in [1.807, 2.05) is 24.3 Å². The second-order valence-electron chi connectivity index (χ2n) is 8.68. The molecule has 11 nitrogen and oxygen atoms in total. The Morgan fingerprint density at radius 3 is 2.39 bits per heavy atom. The maximum absolute atomic E-state index is 13.0. The van der Waals surface area contributed by atoms with Crippen LogP contribution in [0, 0.1) is 5.92 Å². The molecular weight excluding hydrogens is 464 g/mol. The number of hydrogen-bond donors (Lipinski definition) is 6. The number of amides is 3. The van der Waals surface area contributed by atoms with Crippen LogP contribution in [0.1, 0.15) is 19.4 Å². The molecule has 3 amide bonds. The van der Waals surface area contributed by atoms with Crippen molar-refractivity contribution in [3.8, 4) is 0 Å². The Morgan fingerprint density at radius 1 is 0.889 bits per heavy atom. The molecule has 0 aliphatic rings. The molecule has 0 radical (unpaired) electrons. The number of H-pyrrole nitrogens is 3. The summed E-state index contributed by atoms with van der Waals surface area (Å²) in [6.07, 6.45) is 2.01. The molecule has 4 rings (SSSR count). The lowest BCUT2D eigenvalue weighted by atomic mass is 10.0. The molecule has 36 heavy (non-hydrogen) atoms. The van der Waals surface area contributed by atoms with Crippen LogP contribution in [-0.2, 0) is 20.8 Å². The zero-order chi connectivity index (χ0) is 25.8. The van der Waals surface area contributed by atoms with E-state index in [1.54, 1.807) is 20.0 Å². The van der Waals surface area contributed by atoms with E-state index in [2.05, 4.69) is 31.1 Å². The third kappa shape index (κ3) is 5.19. The largest absolute Gasteiger partial charge is 0.361 e. The average Bonchev–Trinajstić information content (AvgIpc) is 3.27. The quantitative estimate of drug-likeness (QED) is 0.217. The summed E-state index contributed by atoms with van der Waals surface area (Å²) < 4.78 is 0. The second kappa shape index (κ2) is 10.3. The van der Waals surface area contributed by atoms with Crippen molar-refractivity contribution < 1.29 is 14.4 Å². The molecule has 0 fully saturated rings. The number of benzene rings is 2. The van der Waals surface area contributed by atoms with E-state index in [-0.39, 0.29) is 34.7 Å². The molecule has 2 aromatic carbocycles. The van der Waals surface area contributed by atoms with Crippen LogP contribution < -0.4 is 27.1 Å². The Labute approximate surface area is 204 Å². The molecule has 0 saturated heterocycles. The highest BCUT2D eigenvalue weighted by Gasteiger charge is 2.24. The van der Waals surface area contributed by atoms with Gasteiger partial charge in [-0.15, -0.1) is 0 Å². The van der Waals surface area contributed by atoms with E-state index in [0.29, 0.717) is 0 Å². The van der Waals surface area contributed by atoms with Crippen molar-refractivity contribution in [1.29, 1.82) is 0 Å². The first-order valence-corrected chi connectivity index (χ1v) is 11.4. The number of nitrogens with one attached hydrogen (secondary N) is 6. The van der Waals surface area contributed by atoms with Crippen LogP contribution in [0.4, 0.5) is 5.69 Å². The zero-order valence-electron chi connectivity index (χ0n) is 19.7. The molecule has 186 valence electrons. The minimum atomic E-state index is -0.911. The number of carbonyl (C=O) groups is 3. The molecular formula is C25H26N6O5. The van der Waals surface area contributed by atoms with Gasteiger partial charge in [-0.3, -0.25) is 34.2 Å². The number of aromatic amines is 3. The lowest BCUT2D eigenvalue weighted by Crippen LogP contribution is -2.50. The third-order valence-electron chi connectivity index (χ3n) is 5.78. The maximum Gasteiger partial charge on any atom is 0.272 e. The highest BCUT2D eigenvalue weighted by molar-refractivity contribution is 6.03. The molecule has 0 bridgehead atoms. The number of carbonyl (C=O) groups excluding carboxylic acids is 3. The van der Waals surface area contributed by atoms with Gasteiger partial charge in [0.1, 0.15) is 6.04 Å². The Morgan fingerprint density at radius 2 is 1.61 bits per heavy atom. The van der Waals surface area contributed by atoms with Crippen molar-refractivity contribution in [2.24, 2.45) is 5.92 Å². The molecule has 4 aromatic rings. The van der Waals surface area contributed by atoms with Crippen LogP contribution in [0.15, 0.2) is 58.3 Å². The van der Waals surface area contributed by atoms with Gasteiger partial charge in [0.2, 0.25) is 17.7 Å². The molecule has 2 heterocycles. The normalized spacial score (nSPS) is 12.0. The summed E-state index contributed by atoms with van der Waals surface area (Å²) in [5, 5.41) is 13.4. The van der Waals surface area contributed by atoms with Gasteiger partial charge in [-0.05, 0) is 23.8 Å². The molecule has 0 aliphatic carbocycles.